The van der Waals surface area contributed by atoms with Crippen LogP contribution < -0.4 is 5.32 Å². The van der Waals surface area contributed by atoms with E-state index in [1.54, 1.807) is 16.7 Å². The van der Waals surface area contributed by atoms with Crippen molar-refractivity contribution in [3.63, 3.8) is 0 Å². The molecule has 8 heteroatoms. The Kier molecular flexibility index (Phi) is 8.84. The third-order valence-electron chi connectivity index (χ3n) is 5.77. The summed E-state index contributed by atoms with van der Waals surface area (Å²) < 4.78 is 11.0. The molecule has 1 aliphatic heterocycles. The number of likely N-dealkylation sites (N-methyl/N-ethyl adjacent to an activating group) is 1. The number of halogens is 1. The summed E-state index contributed by atoms with van der Waals surface area (Å²) in [6.07, 6.45) is 3.80. The van der Waals surface area contributed by atoms with Gasteiger partial charge in [0.15, 0.2) is 6.29 Å². The van der Waals surface area contributed by atoms with Gasteiger partial charge < -0.3 is 19.7 Å². The van der Waals surface area contributed by atoms with Crippen LogP contribution in [0.5, 0.6) is 0 Å². The molecule has 170 valence electrons. The summed E-state index contributed by atoms with van der Waals surface area (Å²) in [6, 6.07) is 7.56. The molecule has 3 rings (SSSR count). The number of amides is 2. The largest absolute Gasteiger partial charge is 0.351 e. The molecule has 1 saturated heterocycles. The van der Waals surface area contributed by atoms with Gasteiger partial charge in [-0.2, -0.15) is 0 Å². The van der Waals surface area contributed by atoms with Crippen molar-refractivity contribution in [1.29, 1.82) is 0 Å². The van der Waals surface area contributed by atoms with Crippen molar-refractivity contribution < 1.29 is 19.1 Å². The van der Waals surface area contributed by atoms with Crippen LogP contribution in [-0.4, -0.2) is 61.1 Å². The van der Waals surface area contributed by atoms with Crippen LogP contribution >= 0.6 is 23.4 Å². The lowest BCUT2D eigenvalue weighted by atomic mass is 9.83. The summed E-state index contributed by atoms with van der Waals surface area (Å²) in [5.74, 6) is -0.124. The van der Waals surface area contributed by atoms with Crippen LogP contribution in [-0.2, 0) is 19.1 Å². The summed E-state index contributed by atoms with van der Waals surface area (Å²) in [5, 5.41) is 3.87. The Morgan fingerprint density at radius 1 is 1.29 bits per heavy atom. The number of hydrogen-bond acceptors (Lipinski definition) is 5. The molecule has 31 heavy (non-hydrogen) atoms. The number of carbonyl (C=O) groups excluding carboxylic acids is 2. The van der Waals surface area contributed by atoms with E-state index in [1.165, 1.54) is 0 Å². The minimum atomic E-state index is -0.428. The highest BCUT2D eigenvalue weighted by atomic mass is 35.5. The van der Waals surface area contributed by atoms with Crippen LogP contribution in [0.1, 0.15) is 38.7 Å². The highest BCUT2D eigenvalue weighted by Gasteiger charge is 2.42. The lowest BCUT2D eigenvalue weighted by Gasteiger charge is -2.44. The maximum atomic E-state index is 13.0. The van der Waals surface area contributed by atoms with Crippen LogP contribution in [0.2, 0.25) is 5.02 Å². The zero-order chi connectivity index (χ0) is 22.4. The molecule has 2 amide bonds. The fourth-order valence-electron chi connectivity index (χ4n) is 4.14. The van der Waals surface area contributed by atoms with E-state index >= 15 is 0 Å². The molecule has 0 radical (unpaired) electrons. The molecule has 3 unspecified atom stereocenters. The fraction of sp³-hybridized carbons (Fsp3) is 0.565. The van der Waals surface area contributed by atoms with E-state index in [2.05, 4.69) is 5.32 Å². The molecular weight excluding hydrogens is 436 g/mol. The molecule has 2 fully saturated rings. The number of nitrogens with one attached hydrogen (secondary N) is 1. The van der Waals surface area contributed by atoms with Crippen LogP contribution in [0.25, 0.3) is 6.08 Å². The van der Waals surface area contributed by atoms with Crippen molar-refractivity contribution >= 4 is 41.3 Å². The molecule has 6 nitrogen and oxygen atoms in total. The number of thioether (sulfide) groups is 1. The molecule has 1 aromatic carbocycles. The van der Waals surface area contributed by atoms with Crippen LogP contribution in [0, 0.1) is 5.92 Å². The molecule has 0 bridgehead atoms. The third-order valence-corrected chi connectivity index (χ3v) is 7.52. The Labute approximate surface area is 193 Å². The fourth-order valence-corrected chi connectivity index (χ4v) is 5.80. The van der Waals surface area contributed by atoms with Crippen molar-refractivity contribution in [3.05, 3.63) is 39.8 Å². The summed E-state index contributed by atoms with van der Waals surface area (Å²) >= 11 is 7.88. The highest BCUT2D eigenvalue weighted by molar-refractivity contribution is 8.04. The van der Waals surface area contributed by atoms with E-state index in [-0.39, 0.29) is 29.0 Å². The average Bonchev–Trinajstić information content (AvgIpc) is 2.77. The molecule has 1 saturated carbocycles. The van der Waals surface area contributed by atoms with Gasteiger partial charge in [-0.05, 0) is 50.8 Å². The van der Waals surface area contributed by atoms with Gasteiger partial charge in [0.2, 0.25) is 5.91 Å². The molecule has 2 aliphatic rings. The van der Waals surface area contributed by atoms with Crippen molar-refractivity contribution in [3.8, 4) is 0 Å². The second-order valence-corrected chi connectivity index (χ2v) is 9.45. The SMILES string of the molecule is CCOC(CNC(=O)C1CCC2S/C(=C\c3ccccc3Cl)C(=O)N(C)C2C1)OCC. The third kappa shape index (κ3) is 6.04. The van der Waals surface area contributed by atoms with Gasteiger partial charge in [-0.3, -0.25) is 9.59 Å². The summed E-state index contributed by atoms with van der Waals surface area (Å²) in [5.41, 5.74) is 0.845. The normalized spacial score (nSPS) is 25.1. The number of ether oxygens (including phenoxy) is 2. The van der Waals surface area contributed by atoms with Gasteiger partial charge in [0, 0.05) is 42.5 Å². The quantitative estimate of drug-likeness (QED) is 0.464. The summed E-state index contributed by atoms with van der Waals surface area (Å²) in [4.78, 5) is 28.3. The zero-order valence-corrected chi connectivity index (χ0v) is 19.9. The van der Waals surface area contributed by atoms with Gasteiger partial charge in [0.25, 0.3) is 5.91 Å². The lowest BCUT2D eigenvalue weighted by Crippen LogP contribution is -2.52. The van der Waals surface area contributed by atoms with Crippen molar-refractivity contribution in [2.75, 3.05) is 26.8 Å². The number of benzene rings is 1. The summed E-state index contributed by atoms with van der Waals surface area (Å²) in [6.45, 7) is 5.19. The predicted octanol–water partition coefficient (Wildman–Crippen LogP) is 3.94. The summed E-state index contributed by atoms with van der Waals surface area (Å²) in [7, 11) is 1.83. The number of nitrogens with zero attached hydrogens (tertiary/aromatic N) is 1. The molecule has 1 aliphatic carbocycles. The Balaban J connectivity index is 1.62. The van der Waals surface area contributed by atoms with Crippen molar-refractivity contribution in [2.24, 2.45) is 5.92 Å². The molecule has 0 aromatic heterocycles. The zero-order valence-electron chi connectivity index (χ0n) is 18.3. The van der Waals surface area contributed by atoms with Crippen molar-refractivity contribution in [1.82, 2.24) is 10.2 Å². The highest BCUT2D eigenvalue weighted by Crippen LogP contribution is 2.43. The maximum absolute atomic E-state index is 13.0. The maximum Gasteiger partial charge on any atom is 0.260 e. The molecule has 1 N–H and O–H groups in total. The van der Waals surface area contributed by atoms with Crippen LogP contribution in [0.4, 0.5) is 0 Å². The number of fused-ring (bicyclic) bond motifs is 1. The second-order valence-electron chi connectivity index (χ2n) is 7.77. The van der Waals surface area contributed by atoms with Crippen LogP contribution in [0.3, 0.4) is 0 Å². The molecule has 3 atom stereocenters. The van der Waals surface area contributed by atoms with Gasteiger partial charge in [-0.25, -0.2) is 0 Å². The van der Waals surface area contributed by atoms with Crippen molar-refractivity contribution in [2.45, 2.75) is 50.7 Å². The topological polar surface area (TPSA) is 67.9 Å². The first-order valence-corrected chi connectivity index (χ1v) is 12.1. The monoisotopic (exact) mass is 466 g/mol. The van der Waals surface area contributed by atoms with E-state index in [0.717, 1.165) is 18.4 Å². The Hall–Kier alpha value is -1.54. The first-order valence-electron chi connectivity index (χ1n) is 10.9. The average molecular weight is 467 g/mol. The molecule has 1 aromatic rings. The van der Waals surface area contributed by atoms with Gasteiger partial charge in [0.05, 0.1) is 11.4 Å². The van der Waals surface area contributed by atoms with Crippen LogP contribution in [0.15, 0.2) is 29.2 Å². The molecule has 0 spiro atoms. The van der Waals surface area contributed by atoms with Gasteiger partial charge >= 0.3 is 0 Å². The van der Waals surface area contributed by atoms with Gasteiger partial charge in [0.1, 0.15) is 0 Å². The minimum Gasteiger partial charge on any atom is -0.351 e. The first kappa shape index (κ1) is 24.1. The molecule has 1 heterocycles. The Morgan fingerprint density at radius 2 is 2.00 bits per heavy atom. The number of hydrogen-bond donors (Lipinski definition) is 1. The Bertz CT molecular complexity index is 813. The first-order chi connectivity index (χ1) is 14.9. The van der Waals surface area contributed by atoms with E-state index in [0.29, 0.717) is 36.1 Å². The standard InChI is InChI=1S/C23H31ClN2O4S/c1-4-29-21(30-5-2)14-25-22(27)16-10-11-19-18(12-16)26(3)23(28)20(31-19)13-15-8-6-7-9-17(15)24/h6-9,13,16,18-19,21H,4-5,10-12,14H2,1-3H3,(H,25,27)/b20-13-. The van der Waals surface area contributed by atoms with E-state index in [4.69, 9.17) is 21.1 Å². The number of carbonyl (C=O) groups is 2. The Morgan fingerprint density at radius 3 is 2.68 bits per heavy atom. The second kappa shape index (κ2) is 11.4. The smallest absolute Gasteiger partial charge is 0.260 e. The minimum absolute atomic E-state index is 0.00566. The van der Waals surface area contributed by atoms with E-state index < -0.39 is 6.29 Å². The van der Waals surface area contributed by atoms with E-state index in [9.17, 15) is 9.59 Å². The number of rotatable bonds is 8. The van der Waals surface area contributed by atoms with Gasteiger partial charge in [-0.1, -0.05) is 29.8 Å². The molecular formula is C23H31ClN2O4S. The predicted molar refractivity (Wildman–Crippen MR) is 125 cm³/mol. The van der Waals surface area contributed by atoms with E-state index in [1.807, 2.05) is 51.2 Å². The van der Waals surface area contributed by atoms with Gasteiger partial charge in [-0.15, -0.1) is 11.8 Å². The lowest BCUT2D eigenvalue weighted by molar-refractivity contribution is -0.143.